The lowest BCUT2D eigenvalue weighted by atomic mass is 10.2. The predicted molar refractivity (Wildman–Crippen MR) is 97.6 cm³/mol. The Morgan fingerprint density at radius 2 is 2.05 bits per heavy atom. The number of aryl methyl sites for hydroxylation is 1. The number of hydrogen-bond donors (Lipinski definition) is 0. The van der Waals surface area contributed by atoms with Crippen molar-refractivity contribution < 1.29 is 4.74 Å². The lowest BCUT2D eigenvalue weighted by molar-refractivity contribution is 0.0829. The van der Waals surface area contributed by atoms with Gasteiger partial charge in [-0.3, -0.25) is 9.36 Å². The first-order chi connectivity index (χ1) is 10.2. The van der Waals surface area contributed by atoms with Crippen molar-refractivity contribution in [2.24, 2.45) is 0 Å². The van der Waals surface area contributed by atoms with Gasteiger partial charge in [0.1, 0.15) is 12.6 Å². The zero-order chi connectivity index (χ0) is 16.5. The highest BCUT2D eigenvalue weighted by Gasteiger charge is 2.15. The fourth-order valence-electron chi connectivity index (χ4n) is 2.04. The van der Waals surface area contributed by atoms with Crippen molar-refractivity contribution in [1.29, 1.82) is 0 Å². The van der Waals surface area contributed by atoms with E-state index in [0.717, 1.165) is 6.04 Å². The molecule has 1 aromatic carbocycles. The van der Waals surface area contributed by atoms with Gasteiger partial charge in [0.15, 0.2) is 0 Å². The average molecular weight is 404 g/mol. The number of fused-ring (bicyclic) bond motifs is 1. The maximum Gasteiger partial charge on any atom is 0.264 e. The maximum absolute atomic E-state index is 12.7. The summed E-state index contributed by atoms with van der Waals surface area (Å²) in [5.41, 5.74) is 0.441. The van der Waals surface area contributed by atoms with Crippen LogP contribution in [0.3, 0.4) is 0 Å². The van der Waals surface area contributed by atoms with Crippen LogP contribution in [0.4, 0.5) is 0 Å². The topological polar surface area (TPSA) is 44.1 Å². The summed E-state index contributed by atoms with van der Waals surface area (Å²) in [6.07, 6.45) is 0. The van der Waals surface area contributed by atoms with Crippen molar-refractivity contribution in [2.75, 3.05) is 6.61 Å². The molecule has 0 N–H and O–H groups in total. The summed E-state index contributed by atoms with van der Waals surface area (Å²) < 4.78 is 7.90. The first-order valence-corrected chi connectivity index (χ1v) is 12.0. The van der Waals surface area contributed by atoms with Gasteiger partial charge in [-0.25, -0.2) is 4.98 Å². The van der Waals surface area contributed by atoms with Gasteiger partial charge in [0.05, 0.1) is 15.9 Å². The summed E-state index contributed by atoms with van der Waals surface area (Å²) in [6, 6.07) is 4.65. The van der Waals surface area contributed by atoms with Gasteiger partial charge in [-0.05, 0) is 41.0 Å². The predicted octanol–water partition coefficient (Wildman–Crippen LogP) is 4.43. The van der Waals surface area contributed by atoms with E-state index in [1.165, 1.54) is 4.57 Å². The van der Waals surface area contributed by atoms with Gasteiger partial charge in [-0.1, -0.05) is 31.2 Å². The molecule has 0 unspecified atom stereocenters. The van der Waals surface area contributed by atoms with Crippen molar-refractivity contribution in [3.05, 3.63) is 37.8 Å². The molecular formula is C15H20BrClN2O2Si. The zero-order valence-corrected chi connectivity index (χ0v) is 16.6. The molecular weight excluding hydrogens is 384 g/mol. The number of halogens is 2. The molecule has 0 aliphatic carbocycles. The Hall–Kier alpha value is -0.693. The molecule has 2 rings (SSSR count). The number of hydrogen-bond acceptors (Lipinski definition) is 3. The average Bonchev–Trinajstić information content (AvgIpc) is 2.40. The van der Waals surface area contributed by atoms with E-state index in [0.29, 0.717) is 32.8 Å². The van der Waals surface area contributed by atoms with Crippen molar-refractivity contribution in [3.63, 3.8) is 0 Å². The summed E-state index contributed by atoms with van der Waals surface area (Å²) in [6.45, 7) is 9.55. The number of nitrogens with zero attached hydrogens (tertiary/aromatic N) is 2. The zero-order valence-electron chi connectivity index (χ0n) is 13.2. The molecule has 0 spiro atoms. The van der Waals surface area contributed by atoms with E-state index in [9.17, 15) is 4.79 Å². The minimum atomic E-state index is -1.14. The smallest absolute Gasteiger partial charge is 0.264 e. The van der Waals surface area contributed by atoms with E-state index in [1.54, 1.807) is 19.1 Å². The SMILES string of the molecule is Cc1nc2ccc(Br)c(Cl)c2c(=O)n1COCC[Si](C)(C)C. The highest BCUT2D eigenvalue weighted by atomic mass is 79.9. The second kappa shape index (κ2) is 6.82. The monoisotopic (exact) mass is 402 g/mol. The van der Waals surface area contributed by atoms with Crippen LogP contribution in [0.15, 0.2) is 21.4 Å². The minimum Gasteiger partial charge on any atom is -0.361 e. The van der Waals surface area contributed by atoms with Crippen LogP contribution in [0.5, 0.6) is 0 Å². The van der Waals surface area contributed by atoms with E-state index in [4.69, 9.17) is 16.3 Å². The number of benzene rings is 1. The first-order valence-electron chi connectivity index (χ1n) is 7.13. The second-order valence-corrected chi connectivity index (χ2v) is 13.3. The van der Waals surface area contributed by atoms with Gasteiger partial charge >= 0.3 is 0 Å². The molecule has 120 valence electrons. The van der Waals surface area contributed by atoms with E-state index in [-0.39, 0.29) is 12.3 Å². The Morgan fingerprint density at radius 1 is 1.36 bits per heavy atom. The summed E-state index contributed by atoms with van der Waals surface area (Å²) in [4.78, 5) is 17.1. The lowest BCUT2D eigenvalue weighted by Gasteiger charge is -2.16. The maximum atomic E-state index is 12.7. The van der Waals surface area contributed by atoms with Crippen LogP contribution in [-0.2, 0) is 11.5 Å². The first kappa shape index (κ1) is 17.7. The van der Waals surface area contributed by atoms with Crippen LogP contribution in [0.1, 0.15) is 5.82 Å². The second-order valence-electron chi connectivity index (χ2n) is 6.50. The molecule has 7 heteroatoms. The molecule has 0 aliphatic rings. The Kier molecular flexibility index (Phi) is 5.48. The summed E-state index contributed by atoms with van der Waals surface area (Å²) in [5, 5.41) is 0.821. The van der Waals surface area contributed by atoms with E-state index in [1.807, 2.05) is 0 Å². The van der Waals surface area contributed by atoms with Crippen LogP contribution in [0.2, 0.25) is 30.7 Å². The van der Waals surface area contributed by atoms with Crippen molar-refractivity contribution in [3.8, 4) is 0 Å². The van der Waals surface area contributed by atoms with E-state index in [2.05, 4.69) is 40.6 Å². The third-order valence-electron chi connectivity index (χ3n) is 3.42. The van der Waals surface area contributed by atoms with Crippen molar-refractivity contribution in [1.82, 2.24) is 9.55 Å². The summed E-state index contributed by atoms with van der Waals surface area (Å²) >= 11 is 9.59. The third-order valence-corrected chi connectivity index (χ3v) is 6.41. The largest absolute Gasteiger partial charge is 0.361 e. The van der Waals surface area contributed by atoms with Crippen LogP contribution in [-0.4, -0.2) is 24.2 Å². The van der Waals surface area contributed by atoms with Gasteiger partial charge in [0.25, 0.3) is 5.56 Å². The van der Waals surface area contributed by atoms with E-state index < -0.39 is 8.07 Å². The summed E-state index contributed by atoms with van der Waals surface area (Å²) in [5.74, 6) is 0.629. The fourth-order valence-corrected chi connectivity index (χ4v) is 3.37. The number of rotatable bonds is 5. The minimum absolute atomic E-state index is 0.165. The highest BCUT2D eigenvalue weighted by Crippen LogP contribution is 2.28. The van der Waals surface area contributed by atoms with Gasteiger partial charge in [0.2, 0.25) is 0 Å². The molecule has 1 aromatic heterocycles. The standard InChI is InChI=1S/C15H20BrClN2O2Si/c1-10-18-12-6-5-11(16)14(17)13(12)15(20)19(10)9-21-7-8-22(2,3)4/h5-6H,7-9H2,1-4H3. The van der Waals surface area contributed by atoms with Gasteiger partial charge in [0, 0.05) is 19.2 Å². The van der Waals surface area contributed by atoms with Gasteiger partial charge in [-0.15, -0.1) is 0 Å². The molecule has 0 saturated heterocycles. The molecule has 1 heterocycles. The normalized spacial score (nSPS) is 12.1. The molecule has 0 fully saturated rings. The van der Waals surface area contributed by atoms with Crippen LogP contribution in [0.25, 0.3) is 10.9 Å². The Balaban J connectivity index is 2.31. The van der Waals surface area contributed by atoms with Crippen molar-refractivity contribution in [2.45, 2.75) is 39.3 Å². The fraction of sp³-hybridized carbons (Fsp3) is 0.467. The Bertz CT molecular complexity index is 756. The van der Waals surface area contributed by atoms with Crippen LogP contribution < -0.4 is 5.56 Å². The van der Waals surface area contributed by atoms with Crippen LogP contribution >= 0.6 is 27.5 Å². The van der Waals surface area contributed by atoms with E-state index >= 15 is 0 Å². The molecule has 0 atom stereocenters. The quantitative estimate of drug-likeness (QED) is 0.548. The molecule has 2 aromatic rings. The molecule has 0 aliphatic heterocycles. The van der Waals surface area contributed by atoms with Gasteiger partial charge < -0.3 is 4.74 Å². The highest BCUT2D eigenvalue weighted by molar-refractivity contribution is 9.10. The Labute approximate surface area is 144 Å². The number of ether oxygens (including phenoxy) is 1. The van der Waals surface area contributed by atoms with Crippen molar-refractivity contribution >= 4 is 46.5 Å². The van der Waals surface area contributed by atoms with Crippen LogP contribution in [0, 0.1) is 6.92 Å². The Morgan fingerprint density at radius 3 is 2.68 bits per heavy atom. The lowest BCUT2D eigenvalue weighted by Crippen LogP contribution is -2.27. The molecule has 22 heavy (non-hydrogen) atoms. The van der Waals surface area contributed by atoms with Gasteiger partial charge in [-0.2, -0.15) is 0 Å². The number of aromatic nitrogens is 2. The third kappa shape index (κ3) is 3.98. The summed E-state index contributed by atoms with van der Waals surface area (Å²) in [7, 11) is -1.14. The molecule has 0 radical (unpaired) electrons. The molecule has 4 nitrogen and oxygen atoms in total. The molecule has 0 saturated carbocycles. The molecule has 0 bridgehead atoms. The molecule has 0 amide bonds.